The second-order valence-electron chi connectivity index (χ2n) is 3.93. The lowest BCUT2D eigenvalue weighted by molar-refractivity contribution is 0.0508. The molecule has 1 aromatic heterocycles. The predicted octanol–water partition coefficient (Wildman–Crippen LogP) is 2.53. The van der Waals surface area contributed by atoms with E-state index in [-0.39, 0.29) is 21.2 Å². The molecule has 1 heterocycles. The first kappa shape index (κ1) is 15.1. The highest BCUT2D eigenvalue weighted by Crippen LogP contribution is 2.30. The number of nitrogens with zero attached hydrogens (tertiary/aromatic N) is 4. The van der Waals surface area contributed by atoms with Gasteiger partial charge in [-0.2, -0.15) is 13.5 Å². The molecule has 0 saturated heterocycles. The number of ether oxygens (including phenoxy) is 1. The van der Waals surface area contributed by atoms with Crippen LogP contribution >= 0.6 is 11.6 Å². The Balaban J connectivity index is 2.59. The van der Waals surface area contributed by atoms with Gasteiger partial charge < -0.3 is 4.74 Å². The molecule has 0 bridgehead atoms. The van der Waals surface area contributed by atoms with Gasteiger partial charge in [-0.1, -0.05) is 18.2 Å². The van der Waals surface area contributed by atoms with Gasteiger partial charge in [0.15, 0.2) is 5.82 Å². The number of alkyl halides is 2. The molecule has 0 N–H and O–H groups in total. The highest BCUT2D eigenvalue weighted by Gasteiger charge is 2.20. The molecule has 0 aliphatic heterocycles. The summed E-state index contributed by atoms with van der Waals surface area (Å²) in [5.74, 6) is -0.686. The van der Waals surface area contributed by atoms with E-state index in [0.29, 0.717) is 4.68 Å². The Hall–Kier alpha value is -2.29. The summed E-state index contributed by atoms with van der Waals surface area (Å²) in [6.07, 6.45) is 0. The molecular formula is C11H8ClF3N4O2. The van der Waals surface area contributed by atoms with Crippen LogP contribution in [0.5, 0.6) is 5.75 Å². The van der Waals surface area contributed by atoms with Crippen LogP contribution in [-0.2, 0) is 0 Å². The van der Waals surface area contributed by atoms with E-state index in [9.17, 15) is 18.0 Å². The van der Waals surface area contributed by atoms with Crippen LogP contribution in [-0.4, -0.2) is 19.8 Å². The molecule has 0 unspecified atom stereocenters. The van der Waals surface area contributed by atoms with E-state index in [4.69, 9.17) is 16.3 Å². The Labute approximate surface area is 121 Å². The second-order valence-corrected chi connectivity index (χ2v) is 4.34. The summed E-state index contributed by atoms with van der Waals surface area (Å²) >= 11 is 5.77. The number of tetrazole rings is 1. The fourth-order valence-electron chi connectivity index (χ4n) is 1.48. The number of aromatic nitrogens is 4. The summed E-state index contributed by atoms with van der Waals surface area (Å²) in [6, 6.07) is 1.90. The SMILES string of the molecule is C=C(C)Oc1cc(-n2nnn(C(F)F)c2=O)c(F)cc1Cl. The lowest BCUT2D eigenvalue weighted by Gasteiger charge is -2.09. The maximum absolute atomic E-state index is 13.9. The Morgan fingerprint density at radius 3 is 2.62 bits per heavy atom. The lowest BCUT2D eigenvalue weighted by atomic mass is 10.3. The molecule has 0 radical (unpaired) electrons. The van der Waals surface area contributed by atoms with Gasteiger partial charge in [-0.15, -0.1) is 4.68 Å². The zero-order chi connectivity index (χ0) is 15.7. The molecule has 2 aromatic rings. The zero-order valence-electron chi connectivity index (χ0n) is 10.6. The van der Waals surface area contributed by atoms with E-state index >= 15 is 0 Å². The molecule has 112 valence electrons. The largest absolute Gasteiger partial charge is 0.461 e. The number of rotatable bonds is 4. The van der Waals surface area contributed by atoms with Crippen molar-refractivity contribution < 1.29 is 17.9 Å². The zero-order valence-corrected chi connectivity index (χ0v) is 11.3. The molecule has 0 aliphatic rings. The van der Waals surface area contributed by atoms with Gasteiger partial charge in [-0.3, -0.25) is 0 Å². The predicted molar refractivity (Wildman–Crippen MR) is 67.3 cm³/mol. The molecule has 2 rings (SSSR count). The van der Waals surface area contributed by atoms with Crippen molar-refractivity contribution in [2.45, 2.75) is 13.5 Å². The van der Waals surface area contributed by atoms with Crippen molar-refractivity contribution in [3.05, 3.63) is 45.8 Å². The third-order valence-corrected chi connectivity index (χ3v) is 2.60. The topological polar surface area (TPSA) is 61.9 Å². The number of hydrogen-bond acceptors (Lipinski definition) is 4. The summed E-state index contributed by atoms with van der Waals surface area (Å²) in [4.78, 5) is 11.6. The maximum atomic E-state index is 13.9. The van der Waals surface area contributed by atoms with Gasteiger partial charge in [-0.05, 0) is 23.4 Å². The molecule has 0 saturated carbocycles. The van der Waals surface area contributed by atoms with E-state index < -0.39 is 23.7 Å². The van der Waals surface area contributed by atoms with E-state index in [0.717, 1.165) is 12.1 Å². The maximum Gasteiger partial charge on any atom is 0.373 e. The fraction of sp³-hybridized carbons (Fsp3) is 0.182. The summed E-state index contributed by atoms with van der Waals surface area (Å²) in [6.45, 7) is 1.83. The van der Waals surface area contributed by atoms with E-state index in [1.807, 2.05) is 0 Å². The average molecular weight is 321 g/mol. The number of halogens is 4. The van der Waals surface area contributed by atoms with Crippen LogP contribution in [0.25, 0.3) is 5.69 Å². The van der Waals surface area contributed by atoms with Crippen molar-refractivity contribution in [1.29, 1.82) is 0 Å². The number of allylic oxidation sites excluding steroid dienone is 1. The standard InChI is InChI=1S/C11H8ClF3N4O2/c1-5(2)21-9-4-8(7(13)3-6(9)12)18-11(20)19(10(14)15)17-16-18/h3-4,10H,1H2,2H3. The smallest absolute Gasteiger partial charge is 0.373 e. The van der Waals surface area contributed by atoms with Gasteiger partial charge in [0.2, 0.25) is 0 Å². The highest BCUT2D eigenvalue weighted by atomic mass is 35.5. The van der Waals surface area contributed by atoms with Crippen LogP contribution in [0.15, 0.2) is 29.3 Å². The second kappa shape index (κ2) is 5.60. The molecule has 1 aromatic carbocycles. The van der Waals surface area contributed by atoms with E-state index in [2.05, 4.69) is 17.0 Å². The van der Waals surface area contributed by atoms with Crippen molar-refractivity contribution in [3.8, 4) is 11.4 Å². The van der Waals surface area contributed by atoms with Gasteiger partial charge in [0.1, 0.15) is 11.4 Å². The Morgan fingerprint density at radius 2 is 2.10 bits per heavy atom. The summed E-state index contributed by atoms with van der Waals surface area (Å²) in [5.41, 5.74) is -1.72. The minimum atomic E-state index is -3.19. The first-order valence-electron chi connectivity index (χ1n) is 5.46. The van der Waals surface area contributed by atoms with Gasteiger partial charge in [0, 0.05) is 6.07 Å². The molecule has 21 heavy (non-hydrogen) atoms. The molecule has 0 spiro atoms. The van der Waals surface area contributed by atoms with Crippen LogP contribution < -0.4 is 10.4 Å². The van der Waals surface area contributed by atoms with Gasteiger partial charge in [0.05, 0.1) is 10.8 Å². The third-order valence-electron chi connectivity index (χ3n) is 2.30. The first-order chi connectivity index (χ1) is 9.81. The lowest BCUT2D eigenvalue weighted by Crippen LogP contribution is -2.25. The molecule has 0 fully saturated rings. The van der Waals surface area contributed by atoms with Crippen LogP contribution in [0, 0.1) is 5.82 Å². The van der Waals surface area contributed by atoms with Crippen molar-refractivity contribution in [2.24, 2.45) is 0 Å². The highest BCUT2D eigenvalue weighted by molar-refractivity contribution is 6.32. The van der Waals surface area contributed by atoms with Gasteiger partial charge in [0.25, 0.3) is 0 Å². The van der Waals surface area contributed by atoms with Gasteiger partial charge in [-0.25, -0.2) is 9.18 Å². The molecule has 0 amide bonds. The molecular weight excluding hydrogens is 313 g/mol. The van der Waals surface area contributed by atoms with Crippen LogP contribution in [0.1, 0.15) is 13.5 Å². The van der Waals surface area contributed by atoms with Crippen molar-refractivity contribution in [3.63, 3.8) is 0 Å². The summed E-state index contributed by atoms with van der Waals surface area (Å²) < 4.78 is 44.1. The van der Waals surface area contributed by atoms with E-state index in [1.54, 1.807) is 0 Å². The number of benzene rings is 1. The third kappa shape index (κ3) is 2.92. The molecule has 10 heteroatoms. The van der Waals surface area contributed by atoms with Crippen LogP contribution in [0.4, 0.5) is 13.2 Å². The van der Waals surface area contributed by atoms with Crippen LogP contribution in [0.3, 0.4) is 0 Å². The summed E-state index contributed by atoms with van der Waals surface area (Å²) in [5, 5.41) is 6.07. The Kier molecular flexibility index (Phi) is 4.03. The molecule has 0 aliphatic carbocycles. The minimum absolute atomic E-state index is 0.000867. The van der Waals surface area contributed by atoms with Crippen molar-refractivity contribution in [1.82, 2.24) is 19.8 Å². The quantitative estimate of drug-likeness (QED) is 0.812. The molecule has 6 nitrogen and oxygen atoms in total. The fourth-order valence-corrected chi connectivity index (χ4v) is 1.67. The van der Waals surface area contributed by atoms with Gasteiger partial charge >= 0.3 is 12.2 Å². The van der Waals surface area contributed by atoms with Crippen molar-refractivity contribution in [2.75, 3.05) is 0 Å². The molecule has 0 atom stereocenters. The van der Waals surface area contributed by atoms with E-state index in [1.165, 1.54) is 6.92 Å². The normalized spacial score (nSPS) is 11.0. The van der Waals surface area contributed by atoms with Crippen molar-refractivity contribution >= 4 is 11.6 Å². The van der Waals surface area contributed by atoms with Crippen LogP contribution in [0.2, 0.25) is 5.02 Å². The Morgan fingerprint density at radius 1 is 1.43 bits per heavy atom. The number of hydrogen-bond donors (Lipinski definition) is 0. The first-order valence-corrected chi connectivity index (χ1v) is 5.84. The minimum Gasteiger partial charge on any atom is -0.461 e. The Bertz CT molecular complexity index is 756. The monoisotopic (exact) mass is 320 g/mol. The summed E-state index contributed by atoms with van der Waals surface area (Å²) in [7, 11) is 0. The average Bonchev–Trinajstić information content (AvgIpc) is 2.74.